The van der Waals surface area contributed by atoms with E-state index in [2.05, 4.69) is 15.6 Å². The predicted molar refractivity (Wildman–Crippen MR) is 98.6 cm³/mol. The molecule has 2 unspecified atom stereocenters. The number of nitrogens with one attached hydrogen (secondary N) is 1. The van der Waals surface area contributed by atoms with Gasteiger partial charge in [-0.2, -0.15) is 0 Å². The first-order valence-corrected chi connectivity index (χ1v) is 9.14. The molecule has 0 spiro atoms. The summed E-state index contributed by atoms with van der Waals surface area (Å²) in [5.74, 6) is -0.588. The number of anilines is 2. The number of nitrogens with zero attached hydrogens (tertiary/aromatic N) is 5. The van der Waals surface area contributed by atoms with Gasteiger partial charge in [-0.25, -0.2) is 13.9 Å². The molecule has 2 aromatic rings. The molecule has 2 amide bonds. The van der Waals surface area contributed by atoms with Crippen molar-refractivity contribution in [2.24, 2.45) is 0 Å². The molecular formula is C18H21FN6O3. The Morgan fingerprint density at radius 1 is 1.39 bits per heavy atom. The van der Waals surface area contributed by atoms with Crippen molar-refractivity contribution in [3.05, 3.63) is 36.4 Å². The molecule has 3 heterocycles. The van der Waals surface area contributed by atoms with Crippen molar-refractivity contribution in [1.82, 2.24) is 20.3 Å². The fourth-order valence-corrected chi connectivity index (χ4v) is 3.61. The lowest BCUT2D eigenvalue weighted by Crippen LogP contribution is -2.33. The molecule has 9 nitrogen and oxygen atoms in total. The van der Waals surface area contributed by atoms with Gasteiger partial charge in [0.2, 0.25) is 5.91 Å². The summed E-state index contributed by atoms with van der Waals surface area (Å²) in [6, 6.07) is 4.90. The predicted octanol–water partition coefficient (Wildman–Crippen LogP) is 1.33. The van der Waals surface area contributed by atoms with Gasteiger partial charge >= 0.3 is 6.09 Å². The molecule has 2 aliphatic rings. The largest absolute Gasteiger partial charge is 0.442 e. The van der Waals surface area contributed by atoms with Gasteiger partial charge < -0.3 is 15.0 Å². The molecule has 1 aromatic carbocycles. The fourth-order valence-electron chi connectivity index (χ4n) is 3.61. The highest BCUT2D eigenvalue weighted by Gasteiger charge is 2.33. The molecule has 0 aliphatic carbocycles. The molecule has 148 valence electrons. The number of hydrogen-bond acceptors (Lipinski definition) is 6. The molecule has 2 atom stereocenters. The van der Waals surface area contributed by atoms with E-state index in [0.29, 0.717) is 24.5 Å². The lowest BCUT2D eigenvalue weighted by Gasteiger charge is -2.21. The Bertz CT molecular complexity index is 874. The van der Waals surface area contributed by atoms with E-state index in [0.717, 1.165) is 6.42 Å². The van der Waals surface area contributed by atoms with Crippen LogP contribution in [0, 0.1) is 5.82 Å². The number of halogens is 1. The smallest absolute Gasteiger partial charge is 0.414 e. The quantitative estimate of drug-likeness (QED) is 0.831. The van der Waals surface area contributed by atoms with Crippen molar-refractivity contribution in [1.29, 1.82) is 0 Å². The Hall–Kier alpha value is -3.17. The number of carbonyl (C=O) groups is 2. The molecule has 2 aliphatic heterocycles. The SMILES string of the molecule is CC(=O)NCC1CN(c2ccc(N3CCC(n4ccnn4)C3)c(F)c2)C(=O)O1. The van der Waals surface area contributed by atoms with Crippen LogP contribution in [0.3, 0.4) is 0 Å². The number of carbonyl (C=O) groups excluding carboxylic acids is 2. The Morgan fingerprint density at radius 2 is 2.25 bits per heavy atom. The van der Waals surface area contributed by atoms with Crippen molar-refractivity contribution in [2.45, 2.75) is 25.5 Å². The third-order valence-electron chi connectivity index (χ3n) is 5.01. The highest BCUT2D eigenvalue weighted by atomic mass is 19.1. The van der Waals surface area contributed by atoms with Crippen molar-refractivity contribution in [3.8, 4) is 0 Å². The molecular weight excluding hydrogens is 367 g/mol. The van der Waals surface area contributed by atoms with Crippen LogP contribution in [0.4, 0.5) is 20.6 Å². The van der Waals surface area contributed by atoms with Gasteiger partial charge in [0.25, 0.3) is 0 Å². The number of benzene rings is 1. The van der Waals surface area contributed by atoms with E-state index in [1.807, 2.05) is 11.1 Å². The third kappa shape index (κ3) is 3.62. The van der Waals surface area contributed by atoms with Crippen molar-refractivity contribution >= 4 is 23.4 Å². The van der Waals surface area contributed by atoms with E-state index in [-0.39, 0.29) is 25.0 Å². The minimum absolute atomic E-state index is 0.157. The Kier molecular flexibility index (Phi) is 4.84. The van der Waals surface area contributed by atoms with Crippen molar-refractivity contribution < 1.29 is 18.7 Å². The molecule has 2 saturated heterocycles. The van der Waals surface area contributed by atoms with Gasteiger partial charge in [0.15, 0.2) is 0 Å². The number of hydrogen-bond donors (Lipinski definition) is 1. The summed E-state index contributed by atoms with van der Waals surface area (Å²) in [6.07, 6.45) is 3.29. The summed E-state index contributed by atoms with van der Waals surface area (Å²) in [6.45, 7) is 3.25. The standard InChI is InChI=1S/C18H21FN6O3/c1-12(26)20-9-15-11-24(18(27)28-15)13-2-3-17(16(19)8-13)23-6-4-14(10-23)25-7-5-21-22-25/h2-3,5,7-8,14-15H,4,6,9-11H2,1H3,(H,20,26). The van der Waals surface area contributed by atoms with Gasteiger partial charge in [0.1, 0.15) is 11.9 Å². The number of cyclic esters (lactones) is 1. The second-order valence-electron chi connectivity index (χ2n) is 6.96. The summed E-state index contributed by atoms with van der Waals surface area (Å²) in [5.41, 5.74) is 0.928. The zero-order valence-electron chi connectivity index (χ0n) is 15.4. The number of aromatic nitrogens is 3. The first kappa shape index (κ1) is 18.2. The maximum absolute atomic E-state index is 14.8. The van der Waals surface area contributed by atoms with E-state index >= 15 is 0 Å². The molecule has 1 aromatic heterocycles. The zero-order valence-corrected chi connectivity index (χ0v) is 15.4. The minimum atomic E-state index is -0.546. The maximum atomic E-state index is 14.8. The molecule has 0 bridgehead atoms. The van der Waals surface area contributed by atoms with Crippen LogP contribution in [-0.4, -0.2) is 59.3 Å². The van der Waals surface area contributed by atoms with Crippen LogP contribution in [0.5, 0.6) is 0 Å². The van der Waals surface area contributed by atoms with Crippen LogP contribution in [0.25, 0.3) is 0 Å². The number of amides is 2. The maximum Gasteiger partial charge on any atom is 0.414 e. The monoisotopic (exact) mass is 388 g/mol. The summed E-state index contributed by atoms with van der Waals surface area (Å²) in [7, 11) is 0. The molecule has 1 N–H and O–H groups in total. The highest BCUT2D eigenvalue weighted by Crippen LogP contribution is 2.31. The number of rotatable bonds is 5. The van der Waals surface area contributed by atoms with Crippen molar-refractivity contribution in [2.75, 3.05) is 36.0 Å². The van der Waals surface area contributed by atoms with Gasteiger partial charge in [-0.05, 0) is 24.6 Å². The Morgan fingerprint density at radius 3 is 2.96 bits per heavy atom. The highest BCUT2D eigenvalue weighted by molar-refractivity contribution is 5.90. The molecule has 2 fully saturated rings. The summed E-state index contributed by atoms with van der Waals surface area (Å²) in [5, 5.41) is 10.5. The van der Waals surface area contributed by atoms with Crippen LogP contribution in [0.15, 0.2) is 30.6 Å². The second kappa shape index (κ2) is 7.45. The average Bonchev–Trinajstić information content (AvgIpc) is 3.40. The average molecular weight is 388 g/mol. The van der Waals surface area contributed by atoms with E-state index in [1.165, 1.54) is 17.9 Å². The van der Waals surface area contributed by atoms with Crippen LogP contribution in [-0.2, 0) is 9.53 Å². The van der Waals surface area contributed by atoms with Gasteiger partial charge in [-0.3, -0.25) is 9.69 Å². The van der Waals surface area contributed by atoms with E-state index < -0.39 is 18.0 Å². The van der Waals surface area contributed by atoms with Crippen LogP contribution in [0.1, 0.15) is 19.4 Å². The number of ether oxygens (including phenoxy) is 1. The molecule has 0 saturated carbocycles. The van der Waals surface area contributed by atoms with Gasteiger partial charge in [0, 0.05) is 26.2 Å². The lowest BCUT2D eigenvalue weighted by molar-refractivity contribution is -0.119. The molecule has 10 heteroatoms. The Labute approximate surface area is 161 Å². The van der Waals surface area contributed by atoms with E-state index in [9.17, 15) is 14.0 Å². The van der Waals surface area contributed by atoms with Gasteiger partial charge in [-0.15, -0.1) is 5.10 Å². The third-order valence-corrected chi connectivity index (χ3v) is 5.01. The molecule has 4 rings (SSSR count). The Balaban J connectivity index is 1.43. The molecule has 28 heavy (non-hydrogen) atoms. The zero-order chi connectivity index (χ0) is 19.7. The first-order chi connectivity index (χ1) is 13.5. The summed E-state index contributed by atoms with van der Waals surface area (Å²) < 4.78 is 21.8. The molecule has 0 radical (unpaired) electrons. The lowest BCUT2D eigenvalue weighted by atomic mass is 10.2. The van der Waals surface area contributed by atoms with Crippen LogP contribution < -0.4 is 15.1 Å². The summed E-state index contributed by atoms with van der Waals surface area (Å²) in [4.78, 5) is 26.5. The fraction of sp³-hybridized carbons (Fsp3) is 0.444. The summed E-state index contributed by atoms with van der Waals surface area (Å²) >= 11 is 0. The second-order valence-corrected chi connectivity index (χ2v) is 6.96. The first-order valence-electron chi connectivity index (χ1n) is 9.14. The van der Waals surface area contributed by atoms with Crippen LogP contribution >= 0.6 is 0 Å². The van der Waals surface area contributed by atoms with Gasteiger partial charge in [0.05, 0.1) is 36.7 Å². The van der Waals surface area contributed by atoms with Gasteiger partial charge in [-0.1, -0.05) is 5.21 Å². The topological polar surface area (TPSA) is 92.6 Å². The van der Waals surface area contributed by atoms with Crippen molar-refractivity contribution in [3.63, 3.8) is 0 Å². The van der Waals surface area contributed by atoms with Crippen LogP contribution in [0.2, 0.25) is 0 Å². The minimum Gasteiger partial charge on any atom is -0.442 e. The van der Waals surface area contributed by atoms with E-state index in [1.54, 1.807) is 23.0 Å². The normalized spacial score (nSPS) is 21.9. The van der Waals surface area contributed by atoms with E-state index in [4.69, 9.17) is 4.74 Å².